The largest absolute Gasteiger partial charge is 0.0622 e. The van der Waals surface area contributed by atoms with Gasteiger partial charge in [0.15, 0.2) is 0 Å². The Hall–Kier alpha value is -1.56. The molecule has 0 unspecified atom stereocenters. The monoisotopic (exact) mass is 308 g/mol. The fourth-order valence-electron chi connectivity index (χ4n) is 5.10. The molecular weight excluding hydrogens is 276 g/mol. The first-order valence-corrected chi connectivity index (χ1v) is 8.69. The fraction of sp³-hybridized carbons (Fsp3) is 0.478. The highest BCUT2D eigenvalue weighted by Gasteiger charge is 2.49. The average Bonchev–Trinajstić information content (AvgIpc) is 2.46. The summed E-state index contributed by atoms with van der Waals surface area (Å²) < 4.78 is 0. The zero-order valence-electron chi connectivity index (χ0n) is 15.9. The van der Waals surface area contributed by atoms with E-state index in [2.05, 4.69) is 109 Å². The molecule has 0 aliphatic rings. The molecule has 2 rings (SSSR count). The predicted molar refractivity (Wildman–Crippen MR) is 102 cm³/mol. The molecule has 23 heavy (non-hydrogen) atoms. The third-order valence-corrected chi connectivity index (χ3v) is 5.06. The second kappa shape index (κ2) is 6.15. The fourth-order valence-corrected chi connectivity index (χ4v) is 5.10. The van der Waals surface area contributed by atoms with Gasteiger partial charge in [0, 0.05) is 5.41 Å². The molecule has 0 saturated heterocycles. The summed E-state index contributed by atoms with van der Waals surface area (Å²) in [7, 11) is 0. The molecule has 0 fully saturated rings. The van der Waals surface area contributed by atoms with E-state index >= 15 is 0 Å². The van der Waals surface area contributed by atoms with Crippen LogP contribution < -0.4 is 0 Å². The summed E-state index contributed by atoms with van der Waals surface area (Å²) in [4.78, 5) is 0. The van der Waals surface area contributed by atoms with Gasteiger partial charge in [0.25, 0.3) is 0 Å². The summed E-state index contributed by atoms with van der Waals surface area (Å²) >= 11 is 0. The highest BCUT2D eigenvalue weighted by atomic mass is 14.5. The SMILES string of the molecule is CC(C)(C)C(C(C)(C)C)C(C)(c1ccccc1)c1ccccc1. The summed E-state index contributed by atoms with van der Waals surface area (Å²) in [6, 6.07) is 22.0. The van der Waals surface area contributed by atoms with Gasteiger partial charge in [-0.2, -0.15) is 0 Å². The third-order valence-electron chi connectivity index (χ3n) is 5.06. The van der Waals surface area contributed by atoms with Crippen LogP contribution in [0.15, 0.2) is 60.7 Å². The van der Waals surface area contributed by atoms with Crippen molar-refractivity contribution in [3.05, 3.63) is 71.8 Å². The topological polar surface area (TPSA) is 0 Å². The highest BCUT2D eigenvalue weighted by Crippen LogP contribution is 2.54. The molecule has 0 amide bonds. The van der Waals surface area contributed by atoms with Gasteiger partial charge in [-0.05, 0) is 27.9 Å². The lowest BCUT2D eigenvalue weighted by molar-refractivity contribution is 0.0448. The predicted octanol–water partition coefficient (Wildman–Crippen LogP) is 6.70. The Bertz CT molecular complexity index is 555. The maximum atomic E-state index is 2.43. The van der Waals surface area contributed by atoms with Crippen molar-refractivity contribution >= 4 is 0 Å². The molecule has 124 valence electrons. The van der Waals surface area contributed by atoms with Crippen LogP contribution >= 0.6 is 0 Å². The Morgan fingerprint density at radius 3 is 1.09 bits per heavy atom. The van der Waals surface area contributed by atoms with E-state index in [1.165, 1.54) is 11.1 Å². The van der Waals surface area contributed by atoms with Gasteiger partial charge >= 0.3 is 0 Å². The van der Waals surface area contributed by atoms with Crippen LogP contribution in [0, 0.1) is 16.7 Å². The second-order valence-corrected chi connectivity index (χ2v) is 9.10. The molecule has 2 aromatic rings. The van der Waals surface area contributed by atoms with Gasteiger partial charge in [-0.25, -0.2) is 0 Å². The van der Waals surface area contributed by atoms with Crippen LogP contribution in [0.5, 0.6) is 0 Å². The van der Waals surface area contributed by atoms with Crippen LogP contribution in [0.4, 0.5) is 0 Å². The summed E-state index contributed by atoms with van der Waals surface area (Å²) in [6.07, 6.45) is 0. The minimum absolute atomic E-state index is 0.0288. The van der Waals surface area contributed by atoms with E-state index in [4.69, 9.17) is 0 Å². The van der Waals surface area contributed by atoms with Crippen molar-refractivity contribution in [2.45, 2.75) is 53.9 Å². The van der Waals surface area contributed by atoms with E-state index in [0.29, 0.717) is 5.92 Å². The number of benzene rings is 2. The van der Waals surface area contributed by atoms with Crippen LogP contribution in [-0.2, 0) is 5.41 Å². The number of hydrogen-bond donors (Lipinski definition) is 0. The summed E-state index contributed by atoms with van der Waals surface area (Å²) in [6.45, 7) is 16.7. The van der Waals surface area contributed by atoms with E-state index in [1.54, 1.807) is 0 Å². The first kappa shape index (κ1) is 17.8. The quantitative estimate of drug-likeness (QED) is 0.591. The second-order valence-electron chi connectivity index (χ2n) is 9.10. The summed E-state index contributed by atoms with van der Waals surface area (Å²) in [5.74, 6) is 0.493. The summed E-state index contributed by atoms with van der Waals surface area (Å²) in [5.41, 5.74) is 3.17. The Kier molecular flexibility index (Phi) is 4.76. The van der Waals surface area contributed by atoms with Crippen molar-refractivity contribution in [1.29, 1.82) is 0 Å². The molecule has 0 atom stereocenters. The smallest absolute Gasteiger partial charge is 0.0212 e. The normalized spacial score (nSPS) is 13.4. The molecular formula is C23H32. The Morgan fingerprint density at radius 1 is 0.522 bits per heavy atom. The van der Waals surface area contributed by atoms with Crippen molar-refractivity contribution in [3.8, 4) is 0 Å². The molecule has 0 aliphatic heterocycles. The van der Waals surface area contributed by atoms with E-state index in [1.807, 2.05) is 0 Å². The lowest BCUT2D eigenvalue weighted by atomic mass is 9.51. The van der Waals surface area contributed by atoms with Gasteiger partial charge in [0.2, 0.25) is 0 Å². The Balaban J connectivity index is 2.77. The van der Waals surface area contributed by atoms with E-state index in [0.717, 1.165) is 0 Å². The molecule has 0 aromatic heterocycles. The first-order chi connectivity index (χ1) is 10.6. The van der Waals surface area contributed by atoms with Crippen molar-refractivity contribution in [2.24, 2.45) is 16.7 Å². The van der Waals surface area contributed by atoms with Crippen molar-refractivity contribution in [2.75, 3.05) is 0 Å². The maximum absolute atomic E-state index is 2.43. The van der Waals surface area contributed by atoms with Gasteiger partial charge in [-0.15, -0.1) is 0 Å². The summed E-state index contributed by atoms with van der Waals surface area (Å²) in [5, 5.41) is 0. The van der Waals surface area contributed by atoms with Crippen LogP contribution in [-0.4, -0.2) is 0 Å². The first-order valence-electron chi connectivity index (χ1n) is 8.69. The average molecular weight is 309 g/mol. The van der Waals surface area contributed by atoms with E-state index < -0.39 is 0 Å². The van der Waals surface area contributed by atoms with Crippen LogP contribution in [0.2, 0.25) is 0 Å². The van der Waals surface area contributed by atoms with Crippen molar-refractivity contribution in [1.82, 2.24) is 0 Å². The standard InChI is InChI=1S/C23H32/c1-21(2,3)20(22(4,5)6)23(7,18-14-10-8-11-15-18)19-16-12-9-13-17-19/h8-17,20H,1-7H3. The zero-order valence-corrected chi connectivity index (χ0v) is 15.9. The van der Waals surface area contributed by atoms with E-state index in [9.17, 15) is 0 Å². The molecule has 0 aliphatic carbocycles. The molecule has 0 heterocycles. The van der Waals surface area contributed by atoms with Crippen molar-refractivity contribution in [3.63, 3.8) is 0 Å². The minimum atomic E-state index is -0.0288. The lowest BCUT2D eigenvalue weighted by Crippen LogP contribution is -2.48. The van der Waals surface area contributed by atoms with Gasteiger partial charge in [-0.1, -0.05) is 109 Å². The molecule has 0 bridgehead atoms. The van der Waals surface area contributed by atoms with Crippen molar-refractivity contribution < 1.29 is 0 Å². The molecule has 2 aromatic carbocycles. The number of rotatable bonds is 3. The van der Waals surface area contributed by atoms with Gasteiger partial charge < -0.3 is 0 Å². The van der Waals surface area contributed by atoms with Gasteiger partial charge in [-0.3, -0.25) is 0 Å². The minimum Gasteiger partial charge on any atom is -0.0622 e. The van der Waals surface area contributed by atoms with Crippen LogP contribution in [0.25, 0.3) is 0 Å². The lowest BCUT2D eigenvalue weighted by Gasteiger charge is -2.52. The van der Waals surface area contributed by atoms with Gasteiger partial charge in [0.05, 0.1) is 0 Å². The molecule has 0 N–H and O–H groups in total. The Labute approximate surface area is 143 Å². The zero-order chi connectivity index (χ0) is 17.3. The van der Waals surface area contributed by atoms with Gasteiger partial charge in [0.1, 0.15) is 0 Å². The van der Waals surface area contributed by atoms with Crippen LogP contribution in [0.1, 0.15) is 59.6 Å². The molecule has 0 spiro atoms. The molecule has 0 radical (unpaired) electrons. The third kappa shape index (κ3) is 3.52. The molecule has 0 saturated carbocycles. The van der Waals surface area contributed by atoms with Crippen LogP contribution in [0.3, 0.4) is 0 Å². The molecule has 0 nitrogen and oxygen atoms in total. The number of hydrogen-bond acceptors (Lipinski definition) is 0. The maximum Gasteiger partial charge on any atom is 0.0212 e. The molecule has 0 heteroatoms. The Morgan fingerprint density at radius 2 is 0.826 bits per heavy atom. The van der Waals surface area contributed by atoms with E-state index in [-0.39, 0.29) is 16.2 Å². The highest BCUT2D eigenvalue weighted by molar-refractivity contribution is 5.40.